The van der Waals surface area contributed by atoms with E-state index >= 15 is 0 Å². The molecule has 3 aromatic rings. The molecule has 0 radical (unpaired) electrons. The maximum atomic E-state index is 13.5. The molecule has 1 unspecified atom stereocenters. The van der Waals surface area contributed by atoms with Gasteiger partial charge in [-0.1, -0.05) is 44.2 Å². The zero-order chi connectivity index (χ0) is 23.5. The summed E-state index contributed by atoms with van der Waals surface area (Å²) in [6.45, 7) is 7.86. The number of nitrogens with two attached hydrogens (primary N) is 1. The van der Waals surface area contributed by atoms with Gasteiger partial charge in [-0.3, -0.25) is 9.59 Å². The van der Waals surface area contributed by atoms with E-state index in [9.17, 15) is 9.59 Å². The Morgan fingerprint density at radius 3 is 2.39 bits per heavy atom. The van der Waals surface area contributed by atoms with E-state index in [1.54, 1.807) is 4.90 Å². The molecule has 1 aliphatic rings. The number of anilines is 1. The lowest BCUT2D eigenvalue weighted by Gasteiger charge is -2.20. The smallest absolute Gasteiger partial charge is 0.273 e. The van der Waals surface area contributed by atoms with E-state index in [2.05, 4.69) is 29.1 Å². The predicted octanol–water partition coefficient (Wildman–Crippen LogP) is 4.02. The summed E-state index contributed by atoms with van der Waals surface area (Å²) in [5.74, 6) is 0.0686. The van der Waals surface area contributed by atoms with Crippen LogP contribution in [-0.2, 0) is 17.9 Å². The molecule has 4 rings (SSSR count). The van der Waals surface area contributed by atoms with Gasteiger partial charge >= 0.3 is 0 Å². The van der Waals surface area contributed by atoms with E-state index < -0.39 is 0 Å². The van der Waals surface area contributed by atoms with Gasteiger partial charge in [0.05, 0.1) is 11.4 Å². The Morgan fingerprint density at radius 2 is 1.76 bits per heavy atom. The van der Waals surface area contributed by atoms with Crippen LogP contribution in [0.3, 0.4) is 0 Å². The van der Waals surface area contributed by atoms with Crippen molar-refractivity contribution in [1.82, 2.24) is 20.2 Å². The van der Waals surface area contributed by atoms with Gasteiger partial charge in [-0.05, 0) is 54.5 Å². The van der Waals surface area contributed by atoms with Gasteiger partial charge in [-0.15, -0.1) is 0 Å². The second kappa shape index (κ2) is 9.57. The lowest BCUT2D eigenvalue weighted by atomic mass is 9.89. The number of amides is 2. The first kappa shape index (κ1) is 22.7. The zero-order valence-electron chi connectivity index (χ0n) is 19.5. The van der Waals surface area contributed by atoms with Gasteiger partial charge in [-0.25, -0.2) is 9.97 Å². The third-order valence-electron chi connectivity index (χ3n) is 6.17. The van der Waals surface area contributed by atoms with E-state index in [1.807, 2.05) is 49.4 Å². The number of carbonyl (C=O) groups excluding carboxylic acids is 2. The average Bonchev–Trinajstić information content (AvgIpc) is 3.22. The van der Waals surface area contributed by atoms with Crippen LogP contribution in [0.1, 0.15) is 66.7 Å². The highest BCUT2D eigenvalue weighted by Gasteiger charge is 2.28. The van der Waals surface area contributed by atoms with Crippen LogP contribution < -0.4 is 11.1 Å². The molecule has 2 heterocycles. The van der Waals surface area contributed by atoms with Crippen LogP contribution >= 0.6 is 0 Å². The summed E-state index contributed by atoms with van der Waals surface area (Å²) in [6, 6.07) is 13.7. The summed E-state index contributed by atoms with van der Waals surface area (Å²) in [7, 11) is 0. The number of hydrogen-bond acceptors (Lipinski definition) is 5. The normalized spacial score (nSPS) is 13.9. The minimum absolute atomic E-state index is 0.00303. The van der Waals surface area contributed by atoms with Crippen molar-refractivity contribution < 1.29 is 9.59 Å². The van der Waals surface area contributed by atoms with Crippen LogP contribution in [0.5, 0.6) is 0 Å². The predicted molar refractivity (Wildman–Crippen MR) is 129 cm³/mol. The third-order valence-corrected chi connectivity index (χ3v) is 6.17. The molecule has 0 fully saturated rings. The van der Waals surface area contributed by atoms with Gasteiger partial charge in [0.1, 0.15) is 5.69 Å². The van der Waals surface area contributed by atoms with Crippen molar-refractivity contribution in [2.24, 2.45) is 5.92 Å². The molecule has 172 valence electrons. The second-order valence-electron chi connectivity index (χ2n) is 9.06. The Kier molecular flexibility index (Phi) is 6.58. The number of nitrogens with zero attached hydrogens (tertiary/aromatic N) is 3. The SMILES string of the molecule is CCNC(=O)C(CCC(C)C)c1ccc2nc(N)nc(C(=O)N3Cc4ccccc4C3)c2c1. The first-order valence-electron chi connectivity index (χ1n) is 11.6. The summed E-state index contributed by atoms with van der Waals surface area (Å²) >= 11 is 0. The number of aromatic nitrogens is 2. The molecule has 7 nitrogen and oxygen atoms in total. The molecule has 1 aromatic heterocycles. The Morgan fingerprint density at radius 1 is 1.06 bits per heavy atom. The lowest BCUT2D eigenvalue weighted by Crippen LogP contribution is -2.29. The Balaban J connectivity index is 1.72. The third kappa shape index (κ3) is 4.82. The highest BCUT2D eigenvalue weighted by molar-refractivity contribution is 6.05. The van der Waals surface area contributed by atoms with Gasteiger partial charge in [0.2, 0.25) is 11.9 Å². The molecule has 2 aromatic carbocycles. The van der Waals surface area contributed by atoms with Crippen LogP contribution in [0, 0.1) is 5.92 Å². The van der Waals surface area contributed by atoms with Gasteiger partial charge in [0.15, 0.2) is 0 Å². The minimum atomic E-state index is -0.298. The standard InChI is InChI=1S/C26H31N5O2/c1-4-28-24(32)20(11-9-16(2)3)17-10-12-22-21(13-17)23(30-26(27)29-22)25(33)31-14-18-7-5-6-8-19(18)15-31/h5-8,10,12-13,16,20H,4,9,11,14-15H2,1-3H3,(H,28,32)(H2,27,29,30). The average molecular weight is 446 g/mol. The number of likely N-dealkylation sites (N-methyl/N-ethyl adjacent to an activating group) is 1. The number of fused-ring (bicyclic) bond motifs is 2. The number of benzene rings is 2. The summed E-state index contributed by atoms with van der Waals surface area (Å²) < 4.78 is 0. The molecule has 7 heteroatoms. The van der Waals surface area contributed by atoms with E-state index in [4.69, 9.17) is 5.73 Å². The van der Waals surface area contributed by atoms with Gasteiger partial charge in [-0.2, -0.15) is 0 Å². The number of hydrogen-bond donors (Lipinski definition) is 2. The molecule has 0 saturated carbocycles. The quantitative estimate of drug-likeness (QED) is 0.572. The fourth-order valence-corrected chi connectivity index (χ4v) is 4.42. The van der Waals surface area contributed by atoms with Crippen molar-refractivity contribution in [3.05, 3.63) is 64.8 Å². The Labute approximate surface area is 194 Å². The van der Waals surface area contributed by atoms with Crippen molar-refractivity contribution in [3.8, 4) is 0 Å². The molecule has 0 spiro atoms. The summed E-state index contributed by atoms with van der Waals surface area (Å²) in [4.78, 5) is 36.8. The monoisotopic (exact) mass is 445 g/mol. The topological polar surface area (TPSA) is 101 Å². The summed E-state index contributed by atoms with van der Waals surface area (Å²) in [5, 5.41) is 3.58. The van der Waals surface area contributed by atoms with E-state index in [0.29, 0.717) is 36.5 Å². The molecule has 33 heavy (non-hydrogen) atoms. The van der Waals surface area contributed by atoms with Crippen LogP contribution in [-0.4, -0.2) is 33.2 Å². The Hall–Kier alpha value is -3.48. The van der Waals surface area contributed by atoms with Crippen molar-refractivity contribution in [2.75, 3.05) is 12.3 Å². The first-order valence-corrected chi connectivity index (χ1v) is 11.6. The molecule has 0 bridgehead atoms. The Bertz CT molecular complexity index is 1170. The van der Waals surface area contributed by atoms with E-state index in [-0.39, 0.29) is 29.4 Å². The van der Waals surface area contributed by atoms with Crippen LogP contribution in [0.25, 0.3) is 10.9 Å². The van der Waals surface area contributed by atoms with Gasteiger partial charge < -0.3 is 16.0 Å². The molecule has 0 saturated heterocycles. The maximum Gasteiger partial charge on any atom is 0.273 e. The fraction of sp³-hybridized carbons (Fsp3) is 0.385. The largest absolute Gasteiger partial charge is 0.368 e. The molecule has 1 aliphatic heterocycles. The maximum absolute atomic E-state index is 13.5. The van der Waals surface area contributed by atoms with Gasteiger partial charge in [0, 0.05) is 25.0 Å². The van der Waals surface area contributed by atoms with Crippen LogP contribution in [0.15, 0.2) is 42.5 Å². The molecule has 3 N–H and O–H groups in total. The van der Waals surface area contributed by atoms with Crippen LogP contribution in [0.2, 0.25) is 0 Å². The number of carbonyl (C=O) groups is 2. The van der Waals surface area contributed by atoms with E-state index in [0.717, 1.165) is 29.5 Å². The molecular weight excluding hydrogens is 414 g/mol. The molecule has 2 amide bonds. The van der Waals surface area contributed by atoms with Crippen LogP contribution in [0.4, 0.5) is 5.95 Å². The number of nitrogen functional groups attached to an aromatic ring is 1. The first-order chi connectivity index (χ1) is 15.9. The highest BCUT2D eigenvalue weighted by atomic mass is 16.2. The highest BCUT2D eigenvalue weighted by Crippen LogP contribution is 2.30. The minimum Gasteiger partial charge on any atom is -0.368 e. The number of rotatable bonds is 7. The summed E-state index contributed by atoms with van der Waals surface area (Å²) in [6.07, 6.45) is 1.66. The summed E-state index contributed by atoms with van der Waals surface area (Å²) in [5.41, 5.74) is 9.98. The van der Waals surface area contributed by atoms with Crippen molar-refractivity contribution in [2.45, 2.75) is 52.6 Å². The molecule has 0 aliphatic carbocycles. The zero-order valence-corrected chi connectivity index (χ0v) is 19.5. The van der Waals surface area contributed by atoms with Crippen molar-refractivity contribution >= 4 is 28.7 Å². The number of nitrogens with one attached hydrogen (secondary N) is 1. The molecular formula is C26H31N5O2. The fourth-order valence-electron chi connectivity index (χ4n) is 4.42. The second-order valence-corrected chi connectivity index (χ2v) is 9.06. The van der Waals surface area contributed by atoms with Gasteiger partial charge in [0.25, 0.3) is 5.91 Å². The lowest BCUT2D eigenvalue weighted by molar-refractivity contribution is -0.122. The van der Waals surface area contributed by atoms with Crippen molar-refractivity contribution in [3.63, 3.8) is 0 Å². The van der Waals surface area contributed by atoms with Crippen molar-refractivity contribution in [1.29, 1.82) is 0 Å². The molecule has 1 atom stereocenters. The van der Waals surface area contributed by atoms with E-state index in [1.165, 1.54) is 0 Å².